The standard InChI is InChI=1S/C34H41N3O4/c1-24-7-6-10-27(21-24)32-30-22-28(12-11-25(30)15-19-37(32)34(39)26-8-2-3-9-26)40-23-29-13-14-31(41-29)33(38)35-16-20-36-17-4-5-18-36/h6-7,10-14,21-22,26,32H,2-5,8-9,15-20,23H2,1H3,(H,35,38)/t32-/m0/s1. The molecule has 0 bridgehead atoms. The molecule has 3 aromatic rings. The van der Waals surface area contributed by atoms with Crippen LogP contribution in [0.25, 0.3) is 0 Å². The quantitative estimate of drug-likeness (QED) is 0.369. The summed E-state index contributed by atoms with van der Waals surface area (Å²) in [6.45, 7) is 6.76. The summed E-state index contributed by atoms with van der Waals surface area (Å²) in [5.74, 6) is 1.85. The maximum Gasteiger partial charge on any atom is 0.287 e. The van der Waals surface area contributed by atoms with Gasteiger partial charge in [-0.2, -0.15) is 0 Å². The lowest BCUT2D eigenvalue weighted by atomic mass is 9.86. The van der Waals surface area contributed by atoms with Crippen molar-refractivity contribution in [1.29, 1.82) is 0 Å². The molecule has 3 aliphatic rings. The zero-order chi connectivity index (χ0) is 28.2. The number of aryl methyl sites for hydroxylation is 1. The van der Waals surface area contributed by atoms with Crippen molar-refractivity contribution in [2.45, 2.75) is 64.5 Å². The van der Waals surface area contributed by atoms with Crippen LogP contribution < -0.4 is 10.1 Å². The molecule has 216 valence electrons. The molecule has 1 aliphatic carbocycles. The summed E-state index contributed by atoms with van der Waals surface area (Å²) in [6, 6.07) is 18.1. The number of amides is 2. The average Bonchev–Trinajstić information content (AvgIpc) is 3.78. The molecule has 2 aliphatic heterocycles. The molecule has 1 aromatic heterocycles. The molecule has 2 aromatic carbocycles. The molecule has 0 unspecified atom stereocenters. The van der Waals surface area contributed by atoms with Gasteiger partial charge in [0, 0.05) is 25.6 Å². The van der Waals surface area contributed by atoms with Gasteiger partial charge in [0.2, 0.25) is 5.91 Å². The molecule has 7 heteroatoms. The summed E-state index contributed by atoms with van der Waals surface area (Å²) in [5.41, 5.74) is 4.71. The zero-order valence-electron chi connectivity index (χ0n) is 24.1. The fourth-order valence-electron chi connectivity index (χ4n) is 6.68. The van der Waals surface area contributed by atoms with Gasteiger partial charge in [0.25, 0.3) is 5.91 Å². The predicted molar refractivity (Wildman–Crippen MR) is 158 cm³/mol. The first kappa shape index (κ1) is 27.6. The number of benzene rings is 2. The Bertz CT molecular complexity index is 1370. The molecule has 1 N–H and O–H groups in total. The number of furan rings is 1. The summed E-state index contributed by atoms with van der Waals surface area (Å²) in [4.78, 5) is 30.7. The van der Waals surface area contributed by atoms with Gasteiger partial charge in [0.15, 0.2) is 5.76 Å². The van der Waals surface area contributed by atoms with E-state index in [0.717, 1.165) is 75.2 Å². The molecule has 1 atom stereocenters. The smallest absolute Gasteiger partial charge is 0.287 e. The number of rotatable bonds is 9. The number of ether oxygens (including phenoxy) is 1. The summed E-state index contributed by atoms with van der Waals surface area (Å²) in [6.07, 6.45) is 7.59. The molecule has 6 rings (SSSR count). The monoisotopic (exact) mass is 555 g/mol. The third-order valence-corrected chi connectivity index (χ3v) is 8.87. The van der Waals surface area contributed by atoms with Crippen LogP contribution in [0.4, 0.5) is 0 Å². The van der Waals surface area contributed by atoms with Crippen molar-refractivity contribution in [3.05, 3.63) is 88.4 Å². The summed E-state index contributed by atoms with van der Waals surface area (Å²) < 4.78 is 12.0. The van der Waals surface area contributed by atoms with E-state index in [-0.39, 0.29) is 30.4 Å². The number of nitrogens with one attached hydrogen (secondary N) is 1. The normalized spacial score (nSPS) is 19.3. The fraction of sp³-hybridized carbons (Fsp3) is 0.471. The van der Waals surface area contributed by atoms with Crippen LogP contribution in [0.1, 0.15) is 83.1 Å². The van der Waals surface area contributed by atoms with E-state index in [0.29, 0.717) is 18.1 Å². The van der Waals surface area contributed by atoms with Crippen molar-refractivity contribution >= 4 is 11.8 Å². The highest BCUT2D eigenvalue weighted by Crippen LogP contribution is 2.40. The Morgan fingerprint density at radius 1 is 0.976 bits per heavy atom. The minimum atomic E-state index is -0.197. The van der Waals surface area contributed by atoms with Gasteiger partial charge < -0.3 is 24.3 Å². The number of hydrogen-bond acceptors (Lipinski definition) is 5. The van der Waals surface area contributed by atoms with E-state index >= 15 is 0 Å². The van der Waals surface area contributed by atoms with Crippen molar-refractivity contribution in [2.75, 3.05) is 32.7 Å². The van der Waals surface area contributed by atoms with Gasteiger partial charge in [-0.15, -0.1) is 0 Å². The van der Waals surface area contributed by atoms with Gasteiger partial charge in [-0.1, -0.05) is 48.7 Å². The molecule has 41 heavy (non-hydrogen) atoms. The number of hydrogen-bond donors (Lipinski definition) is 1. The van der Waals surface area contributed by atoms with Crippen molar-refractivity contribution in [2.24, 2.45) is 5.92 Å². The second-order valence-corrected chi connectivity index (χ2v) is 11.8. The van der Waals surface area contributed by atoms with Crippen molar-refractivity contribution in [1.82, 2.24) is 15.1 Å². The number of fused-ring (bicyclic) bond motifs is 1. The molecule has 1 saturated heterocycles. The van der Waals surface area contributed by atoms with E-state index < -0.39 is 0 Å². The highest BCUT2D eigenvalue weighted by atomic mass is 16.5. The van der Waals surface area contributed by atoms with E-state index in [9.17, 15) is 9.59 Å². The Labute approximate surface area is 242 Å². The third kappa shape index (κ3) is 6.35. The van der Waals surface area contributed by atoms with Crippen LogP contribution in [0.15, 0.2) is 59.0 Å². The van der Waals surface area contributed by atoms with Crippen molar-refractivity contribution < 1.29 is 18.7 Å². The first-order chi connectivity index (χ1) is 20.0. The highest BCUT2D eigenvalue weighted by Gasteiger charge is 2.36. The third-order valence-electron chi connectivity index (χ3n) is 8.87. The Morgan fingerprint density at radius 3 is 2.61 bits per heavy atom. The van der Waals surface area contributed by atoms with Crippen LogP contribution in [0.2, 0.25) is 0 Å². The Kier molecular flexibility index (Phi) is 8.42. The van der Waals surface area contributed by atoms with Crippen LogP contribution in [0, 0.1) is 12.8 Å². The second-order valence-electron chi connectivity index (χ2n) is 11.8. The predicted octanol–water partition coefficient (Wildman–Crippen LogP) is 5.66. The van der Waals surface area contributed by atoms with Crippen molar-refractivity contribution in [3.8, 4) is 5.75 Å². The Hall–Kier alpha value is -3.58. The van der Waals surface area contributed by atoms with Gasteiger partial charge in [-0.25, -0.2) is 0 Å². The first-order valence-corrected chi connectivity index (χ1v) is 15.3. The van der Waals surface area contributed by atoms with Gasteiger partial charge in [-0.3, -0.25) is 9.59 Å². The number of carbonyl (C=O) groups is 2. The molecule has 3 heterocycles. The Morgan fingerprint density at radius 2 is 1.80 bits per heavy atom. The highest BCUT2D eigenvalue weighted by molar-refractivity contribution is 5.91. The molecular formula is C34H41N3O4. The van der Waals surface area contributed by atoms with Crippen LogP contribution in [-0.2, 0) is 17.8 Å². The zero-order valence-corrected chi connectivity index (χ0v) is 24.1. The van der Waals surface area contributed by atoms with Gasteiger partial charge in [-0.05, 0) is 93.1 Å². The minimum Gasteiger partial charge on any atom is -0.486 e. The summed E-state index contributed by atoms with van der Waals surface area (Å²) in [5, 5.41) is 2.96. The maximum atomic E-state index is 13.7. The molecule has 0 spiro atoms. The summed E-state index contributed by atoms with van der Waals surface area (Å²) >= 11 is 0. The fourth-order valence-corrected chi connectivity index (χ4v) is 6.68. The number of carbonyl (C=O) groups excluding carboxylic acids is 2. The largest absolute Gasteiger partial charge is 0.486 e. The lowest BCUT2D eigenvalue weighted by molar-refractivity contribution is -0.137. The molecular weight excluding hydrogens is 514 g/mol. The SMILES string of the molecule is Cc1cccc([C@H]2c3cc(OCc4ccc(C(=O)NCCN5CCCC5)o4)ccc3CCN2C(=O)C2CCCC2)c1. The van der Waals surface area contributed by atoms with Crippen molar-refractivity contribution in [3.63, 3.8) is 0 Å². The first-order valence-electron chi connectivity index (χ1n) is 15.3. The van der Waals surface area contributed by atoms with Gasteiger partial charge in [0.1, 0.15) is 18.1 Å². The molecule has 2 amide bonds. The molecule has 2 fully saturated rings. The van der Waals surface area contributed by atoms with Crippen LogP contribution in [0.5, 0.6) is 5.75 Å². The summed E-state index contributed by atoms with van der Waals surface area (Å²) in [7, 11) is 0. The lowest BCUT2D eigenvalue weighted by Crippen LogP contribution is -2.43. The molecule has 1 saturated carbocycles. The lowest BCUT2D eigenvalue weighted by Gasteiger charge is -2.39. The van der Waals surface area contributed by atoms with Crippen LogP contribution in [0.3, 0.4) is 0 Å². The van der Waals surface area contributed by atoms with Gasteiger partial charge in [0.05, 0.1) is 6.04 Å². The van der Waals surface area contributed by atoms with E-state index in [1.165, 1.54) is 24.0 Å². The Balaban J connectivity index is 1.15. The van der Waals surface area contributed by atoms with E-state index in [1.807, 2.05) is 6.07 Å². The van der Waals surface area contributed by atoms with Gasteiger partial charge >= 0.3 is 0 Å². The molecule has 7 nitrogen and oxygen atoms in total. The van der Waals surface area contributed by atoms with Crippen LogP contribution >= 0.6 is 0 Å². The molecule has 0 radical (unpaired) electrons. The number of nitrogens with zero attached hydrogens (tertiary/aromatic N) is 2. The minimum absolute atomic E-state index is 0.130. The van der Waals surface area contributed by atoms with E-state index in [1.54, 1.807) is 12.1 Å². The topological polar surface area (TPSA) is 75.0 Å². The second kappa shape index (κ2) is 12.5. The average molecular weight is 556 g/mol. The van der Waals surface area contributed by atoms with Crippen LogP contribution in [-0.4, -0.2) is 54.3 Å². The van der Waals surface area contributed by atoms with E-state index in [4.69, 9.17) is 9.15 Å². The maximum absolute atomic E-state index is 13.7. The van der Waals surface area contributed by atoms with E-state index in [2.05, 4.69) is 58.4 Å². The number of likely N-dealkylation sites (tertiary alicyclic amines) is 1.